The van der Waals surface area contributed by atoms with Crippen LogP contribution >= 0.6 is 0 Å². The maximum atomic E-state index is 2.30. The molecule has 0 aliphatic heterocycles. The lowest BCUT2D eigenvalue weighted by Crippen LogP contribution is -2.14. The summed E-state index contributed by atoms with van der Waals surface area (Å²) in [4.78, 5) is 0. The average molecular weight is 407 g/mol. The summed E-state index contributed by atoms with van der Waals surface area (Å²) in [5.41, 5.74) is 5.86. The highest BCUT2D eigenvalue weighted by atomic mass is 14.4. The normalized spacial score (nSPS) is 9.45. The zero-order chi connectivity index (χ0) is 22.5. The van der Waals surface area contributed by atoms with E-state index < -0.39 is 0 Å². The van der Waals surface area contributed by atoms with E-state index in [9.17, 15) is 0 Å². The van der Waals surface area contributed by atoms with Gasteiger partial charge in [-0.2, -0.15) is 0 Å². The first kappa shape index (κ1) is 41.7. The van der Waals surface area contributed by atoms with Crippen molar-refractivity contribution in [2.24, 2.45) is 0 Å². The number of benzene rings is 2. The van der Waals surface area contributed by atoms with Gasteiger partial charge in [-0.3, -0.25) is 0 Å². The van der Waals surface area contributed by atoms with E-state index in [0.717, 1.165) is 0 Å². The fourth-order valence-electron chi connectivity index (χ4n) is 2.67. The van der Waals surface area contributed by atoms with Crippen molar-refractivity contribution in [2.45, 2.75) is 117 Å². The van der Waals surface area contributed by atoms with Crippen LogP contribution in [0.1, 0.15) is 123 Å². The first-order valence-corrected chi connectivity index (χ1v) is 11.4. The van der Waals surface area contributed by atoms with E-state index in [0.29, 0.717) is 0 Å². The van der Waals surface area contributed by atoms with E-state index in [1.807, 2.05) is 83.1 Å². The summed E-state index contributed by atoms with van der Waals surface area (Å²) < 4.78 is 0. The standard InChI is InChI=1S/C15H14.6C2H6.2CH4/c1-15(2)13-9-5-3-7-11(13)12-8-4-6-10-14(12)15;6*1-2;;/h3-10H,1-2H3;6*1-2H3;2*1H4. The number of rotatable bonds is 0. The Hall–Kier alpha value is -1.56. The van der Waals surface area contributed by atoms with Gasteiger partial charge in [-0.05, 0) is 22.3 Å². The summed E-state index contributed by atoms with van der Waals surface area (Å²) in [5.74, 6) is 0. The second-order valence-electron chi connectivity index (χ2n) is 4.72. The molecule has 0 spiro atoms. The predicted octanol–water partition coefficient (Wildman–Crippen LogP) is 11.4. The third kappa shape index (κ3) is 11.9. The van der Waals surface area contributed by atoms with Crippen LogP contribution in [0, 0.1) is 0 Å². The van der Waals surface area contributed by atoms with Gasteiger partial charge >= 0.3 is 0 Å². The molecular weight excluding hydrogens is 348 g/mol. The van der Waals surface area contributed by atoms with Crippen molar-refractivity contribution < 1.29 is 0 Å². The molecule has 0 nitrogen and oxygen atoms in total. The molecule has 174 valence electrons. The van der Waals surface area contributed by atoms with Gasteiger partial charge in [0.25, 0.3) is 0 Å². The Morgan fingerprint density at radius 1 is 0.414 bits per heavy atom. The maximum absolute atomic E-state index is 2.30. The van der Waals surface area contributed by atoms with Crippen LogP contribution in [0.2, 0.25) is 0 Å². The molecule has 0 atom stereocenters. The molecule has 2 aromatic rings. The minimum atomic E-state index is 0. The molecule has 1 aliphatic carbocycles. The van der Waals surface area contributed by atoms with E-state index >= 15 is 0 Å². The van der Waals surface area contributed by atoms with Gasteiger partial charge in [-0.25, -0.2) is 0 Å². The molecule has 0 heteroatoms. The van der Waals surface area contributed by atoms with Gasteiger partial charge in [0.15, 0.2) is 0 Å². The molecule has 29 heavy (non-hydrogen) atoms. The van der Waals surface area contributed by atoms with Gasteiger partial charge in [-0.15, -0.1) is 0 Å². The van der Waals surface area contributed by atoms with Crippen molar-refractivity contribution in [1.29, 1.82) is 0 Å². The SMILES string of the molecule is C.C.CC.CC.CC.CC.CC.CC.CC1(C)c2ccccc2-c2ccccc21. The number of fused-ring (bicyclic) bond motifs is 3. The van der Waals surface area contributed by atoms with Crippen LogP contribution in [0.3, 0.4) is 0 Å². The molecule has 0 heterocycles. The monoisotopic (exact) mass is 406 g/mol. The topological polar surface area (TPSA) is 0 Å². The van der Waals surface area contributed by atoms with Gasteiger partial charge in [-0.1, -0.05) is 160 Å². The summed E-state index contributed by atoms with van der Waals surface area (Å²) >= 11 is 0. The molecule has 0 unspecified atom stereocenters. The molecule has 0 N–H and O–H groups in total. The first-order valence-electron chi connectivity index (χ1n) is 11.4. The molecule has 0 aromatic heterocycles. The van der Waals surface area contributed by atoms with Crippen molar-refractivity contribution in [1.82, 2.24) is 0 Å². The van der Waals surface area contributed by atoms with E-state index in [-0.39, 0.29) is 20.3 Å². The van der Waals surface area contributed by atoms with Gasteiger partial charge in [0.2, 0.25) is 0 Å². The molecular formula is C29H58. The summed E-state index contributed by atoms with van der Waals surface area (Å²) in [6.45, 7) is 28.6. The van der Waals surface area contributed by atoms with Gasteiger partial charge in [0.1, 0.15) is 0 Å². The van der Waals surface area contributed by atoms with Crippen molar-refractivity contribution in [2.75, 3.05) is 0 Å². The third-order valence-corrected chi connectivity index (χ3v) is 3.49. The van der Waals surface area contributed by atoms with Crippen LogP contribution in [0.15, 0.2) is 48.5 Å². The Bertz CT molecular complexity index is 474. The molecule has 2 aromatic carbocycles. The second kappa shape index (κ2) is 28.6. The Labute approximate surface area is 188 Å². The molecule has 0 radical (unpaired) electrons. The van der Waals surface area contributed by atoms with Gasteiger partial charge in [0, 0.05) is 5.41 Å². The molecule has 0 fully saturated rings. The predicted molar refractivity (Wildman–Crippen MR) is 146 cm³/mol. The van der Waals surface area contributed by atoms with Crippen LogP contribution in [0.25, 0.3) is 11.1 Å². The van der Waals surface area contributed by atoms with Gasteiger partial charge in [0.05, 0.1) is 0 Å². The Morgan fingerprint density at radius 3 is 0.862 bits per heavy atom. The molecule has 0 saturated carbocycles. The lowest BCUT2D eigenvalue weighted by molar-refractivity contribution is 0.660. The molecule has 1 aliphatic rings. The fraction of sp³-hybridized carbons (Fsp3) is 0.586. The van der Waals surface area contributed by atoms with Crippen LogP contribution in [0.4, 0.5) is 0 Å². The zero-order valence-electron chi connectivity index (χ0n) is 21.1. The minimum absolute atomic E-state index is 0. The Morgan fingerprint density at radius 2 is 0.621 bits per heavy atom. The molecule has 0 saturated heterocycles. The van der Waals surface area contributed by atoms with Crippen LogP contribution in [-0.4, -0.2) is 0 Å². The van der Waals surface area contributed by atoms with E-state index in [2.05, 4.69) is 62.4 Å². The number of hydrogen-bond acceptors (Lipinski definition) is 0. The highest BCUT2D eigenvalue weighted by Gasteiger charge is 2.34. The molecule has 3 rings (SSSR count). The molecule has 0 bridgehead atoms. The molecule has 0 amide bonds. The zero-order valence-corrected chi connectivity index (χ0v) is 21.1. The Balaban J connectivity index is -0.0000000826. The highest BCUT2D eigenvalue weighted by Crippen LogP contribution is 2.47. The minimum Gasteiger partial charge on any atom is -0.0776 e. The fourth-order valence-corrected chi connectivity index (χ4v) is 2.67. The number of hydrogen-bond donors (Lipinski definition) is 0. The first-order chi connectivity index (χ1) is 13.2. The smallest absolute Gasteiger partial charge is 0.0158 e. The lowest BCUT2D eigenvalue weighted by atomic mass is 9.82. The quantitative estimate of drug-likeness (QED) is 0.408. The van der Waals surface area contributed by atoms with Crippen LogP contribution in [-0.2, 0) is 5.41 Å². The maximum Gasteiger partial charge on any atom is 0.0158 e. The van der Waals surface area contributed by atoms with E-state index in [1.165, 1.54) is 22.3 Å². The van der Waals surface area contributed by atoms with Crippen LogP contribution in [0.5, 0.6) is 0 Å². The van der Waals surface area contributed by atoms with E-state index in [1.54, 1.807) is 0 Å². The average Bonchev–Trinajstić information content (AvgIpc) is 3.04. The van der Waals surface area contributed by atoms with Crippen molar-refractivity contribution in [3.8, 4) is 11.1 Å². The van der Waals surface area contributed by atoms with E-state index in [4.69, 9.17) is 0 Å². The second-order valence-corrected chi connectivity index (χ2v) is 4.72. The van der Waals surface area contributed by atoms with Gasteiger partial charge < -0.3 is 0 Å². The largest absolute Gasteiger partial charge is 0.0776 e. The van der Waals surface area contributed by atoms with Crippen molar-refractivity contribution >= 4 is 0 Å². The van der Waals surface area contributed by atoms with Crippen molar-refractivity contribution in [3.05, 3.63) is 59.7 Å². The van der Waals surface area contributed by atoms with Crippen molar-refractivity contribution in [3.63, 3.8) is 0 Å². The summed E-state index contributed by atoms with van der Waals surface area (Å²) in [5, 5.41) is 0. The summed E-state index contributed by atoms with van der Waals surface area (Å²) in [7, 11) is 0. The third-order valence-electron chi connectivity index (χ3n) is 3.49. The summed E-state index contributed by atoms with van der Waals surface area (Å²) in [6, 6.07) is 17.4. The Kier molecular flexibility index (Phi) is 41.2. The summed E-state index contributed by atoms with van der Waals surface area (Å²) in [6.07, 6.45) is 0. The lowest BCUT2D eigenvalue weighted by Gasteiger charge is -2.20. The highest BCUT2D eigenvalue weighted by molar-refractivity contribution is 5.80. The van der Waals surface area contributed by atoms with Crippen LogP contribution < -0.4 is 0 Å².